The van der Waals surface area contributed by atoms with Gasteiger partial charge in [-0.2, -0.15) is 0 Å². The van der Waals surface area contributed by atoms with E-state index in [9.17, 15) is 24.8 Å². The highest BCUT2D eigenvalue weighted by atomic mass is 16.7. The van der Waals surface area contributed by atoms with Gasteiger partial charge in [0.2, 0.25) is 5.91 Å². The van der Waals surface area contributed by atoms with E-state index in [0.29, 0.717) is 18.7 Å². The van der Waals surface area contributed by atoms with Gasteiger partial charge >= 0.3 is 5.97 Å². The third kappa shape index (κ3) is 8.85. The van der Waals surface area contributed by atoms with Crippen molar-refractivity contribution in [1.82, 2.24) is 4.90 Å². The van der Waals surface area contributed by atoms with Crippen molar-refractivity contribution in [1.29, 1.82) is 0 Å². The number of aliphatic carboxylic acids is 1. The molecule has 12 heteroatoms. The SMILES string of the molecule is O=C(O)CCCC(=O)Nc1ccc([C@@H]2O[C@H](CN3CCN(c4ccc([N+](=O)[O-])cc4)CC3)C[C@H](c3ccc(CO)cc3)O2)cc1. The molecule has 0 unspecified atom stereocenters. The van der Waals surface area contributed by atoms with Crippen LogP contribution in [-0.4, -0.2) is 70.7 Å². The number of amides is 1. The van der Waals surface area contributed by atoms with Gasteiger partial charge in [0.1, 0.15) is 0 Å². The molecule has 2 aliphatic rings. The standard InChI is InChI=1S/C33H38N4O8/c38-22-23-4-6-24(7-5-23)30-20-29(21-35-16-18-36(19-17-35)27-12-14-28(15-13-27)37(42)43)44-33(45-30)25-8-10-26(11-9-25)34-31(39)2-1-3-32(40)41/h4-15,29-30,33,38H,1-3,16-22H2,(H,34,39)(H,40,41)/t29-,30+,33+/m0/s1. The van der Waals surface area contributed by atoms with E-state index in [1.54, 1.807) is 24.3 Å². The van der Waals surface area contributed by atoms with Gasteiger partial charge in [-0.15, -0.1) is 0 Å². The molecule has 5 rings (SSSR count). The van der Waals surface area contributed by atoms with Gasteiger partial charge in [0.25, 0.3) is 5.69 Å². The maximum atomic E-state index is 12.2. The van der Waals surface area contributed by atoms with Gasteiger partial charge in [0, 0.05) is 81.1 Å². The Hall–Kier alpha value is -4.36. The fourth-order valence-corrected chi connectivity index (χ4v) is 5.64. The number of nitro benzene ring substituents is 1. The number of carboxylic acid groups (broad SMARTS) is 1. The summed E-state index contributed by atoms with van der Waals surface area (Å²) in [7, 11) is 0. The Morgan fingerprint density at radius 2 is 1.56 bits per heavy atom. The molecule has 3 atom stereocenters. The van der Waals surface area contributed by atoms with E-state index in [0.717, 1.165) is 48.6 Å². The Kier molecular flexibility index (Phi) is 10.7. The summed E-state index contributed by atoms with van der Waals surface area (Å²) in [4.78, 5) is 38.1. The second kappa shape index (κ2) is 15.1. The number of nitrogens with one attached hydrogen (secondary N) is 1. The van der Waals surface area contributed by atoms with E-state index in [1.807, 2.05) is 36.4 Å². The predicted octanol–water partition coefficient (Wildman–Crippen LogP) is 4.65. The smallest absolute Gasteiger partial charge is 0.303 e. The van der Waals surface area contributed by atoms with E-state index < -0.39 is 17.2 Å². The number of piperazine rings is 1. The number of anilines is 2. The molecule has 0 saturated carbocycles. The molecule has 3 aromatic rings. The highest BCUT2D eigenvalue weighted by Gasteiger charge is 2.34. The number of ether oxygens (including phenoxy) is 2. The molecule has 2 saturated heterocycles. The number of hydrogen-bond acceptors (Lipinski definition) is 9. The van der Waals surface area contributed by atoms with Crippen molar-refractivity contribution in [3.63, 3.8) is 0 Å². The number of rotatable bonds is 12. The summed E-state index contributed by atoms with van der Waals surface area (Å²) in [5.41, 5.74) is 4.28. The van der Waals surface area contributed by atoms with Crippen molar-refractivity contribution in [2.24, 2.45) is 0 Å². The summed E-state index contributed by atoms with van der Waals surface area (Å²) in [6.07, 6.45) is 0.0293. The molecule has 12 nitrogen and oxygen atoms in total. The zero-order valence-corrected chi connectivity index (χ0v) is 24.9. The van der Waals surface area contributed by atoms with Gasteiger partial charge in [-0.1, -0.05) is 36.4 Å². The molecule has 0 spiro atoms. The van der Waals surface area contributed by atoms with Crippen molar-refractivity contribution < 1.29 is 34.2 Å². The summed E-state index contributed by atoms with van der Waals surface area (Å²) < 4.78 is 12.9. The van der Waals surface area contributed by atoms with Crippen LogP contribution in [0, 0.1) is 10.1 Å². The first-order chi connectivity index (χ1) is 21.8. The average Bonchev–Trinajstić information content (AvgIpc) is 3.05. The number of nitro groups is 1. The fraction of sp³-hybridized carbons (Fsp3) is 0.394. The first-order valence-corrected chi connectivity index (χ1v) is 15.1. The number of carbonyl (C=O) groups excluding carboxylic acids is 1. The normalized spacial score (nSPS) is 20.5. The molecule has 0 radical (unpaired) electrons. The Labute approximate surface area is 261 Å². The maximum absolute atomic E-state index is 12.2. The second-order valence-corrected chi connectivity index (χ2v) is 11.3. The molecule has 3 aromatic carbocycles. The third-order valence-electron chi connectivity index (χ3n) is 8.14. The predicted molar refractivity (Wildman–Crippen MR) is 167 cm³/mol. The van der Waals surface area contributed by atoms with Crippen LogP contribution in [0.1, 0.15) is 54.8 Å². The highest BCUT2D eigenvalue weighted by Crippen LogP contribution is 2.38. The molecule has 3 N–H and O–H groups in total. The number of non-ortho nitro benzene ring substituents is 1. The summed E-state index contributed by atoms with van der Waals surface area (Å²) in [6.45, 7) is 3.90. The van der Waals surface area contributed by atoms with E-state index in [1.165, 1.54) is 12.1 Å². The number of carboxylic acids is 1. The van der Waals surface area contributed by atoms with Crippen LogP contribution in [-0.2, 0) is 25.7 Å². The van der Waals surface area contributed by atoms with Crippen LogP contribution in [0.4, 0.5) is 17.1 Å². The van der Waals surface area contributed by atoms with E-state index in [-0.39, 0.29) is 49.7 Å². The molecule has 0 aliphatic carbocycles. The Balaban J connectivity index is 1.22. The Bertz CT molecular complexity index is 1440. The summed E-state index contributed by atoms with van der Waals surface area (Å²) in [5, 5.41) is 32.1. The van der Waals surface area contributed by atoms with E-state index in [4.69, 9.17) is 14.6 Å². The summed E-state index contributed by atoms with van der Waals surface area (Å²) >= 11 is 0. The highest BCUT2D eigenvalue weighted by molar-refractivity contribution is 5.90. The minimum Gasteiger partial charge on any atom is -0.481 e. The van der Waals surface area contributed by atoms with Crippen molar-refractivity contribution in [3.05, 3.63) is 99.6 Å². The minimum absolute atomic E-state index is 0.0333. The monoisotopic (exact) mass is 618 g/mol. The lowest BCUT2D eigenvalue weighted by Crippen LogP contribution is -2.49. The molecule has 0 aromatic heterocycles. The van der Waals surface area contributed by atoms with Crippen molar-refractivity contribution in [2.45, 2.75) is 50.8 Å². The number of benzene rings is 3. The number of carbonyl (C=O) groups is 2. The van der Waals surface area contributed by atoms with Crippen LogP contribution >= 0.6 is 0 Å². The molecule has 2 fully saturated rings. The van der Waals surface area contributed by atoms with Crippen LogP contribution in [0.25, 0.3) is 0 Å². The van der Waals surface area contributed by atoms with Crippen LogP contribution < -0.4 is 10.2 Å². The average molecular weight is 619 g/mol. The van der Waals surface area contributed by atoms with Gasteiger partial charge in [-0.05, 0) is 41.8 Å². The molecular weight excluding hydrogens is 580 g/mol. The first kappa shape index (κ1) is 32.0. The second-order valence-electron chi connectivity index (χ2n) is 11.3. The zero-order valence-electron chi connectivity index (χ0n) is 24.9. The molecule has 2 heterocycles. The molecule has 45 heavy (non-hydrogen) atoms. The molecule has 1 amide bonds. The molecular formula is C33H38N4O8. The van der Waals surface area contributed by atoms with Gasteiger partial charge < -0.3 is 29.9 Å². The van der Waals surface area contributed by atoms with Gasteiger partial charge in [0.05, 0.1) is 23.7 Å². The number of hydrogen-bond donors (Lipinski definition) is 3. The van der Waals surface area contributed by atoms with Crippen LogP contribution in [0.2, 0.25) is 0 Å². The largest absolute Gasteiger partial charge is 0.481 e. The maximum Gasteiger partial charge on any atom is 0.303 e. The molecule has 0 bridgehead atoms. The van der Waals surface area contributed by atoms with Crippen molar-refractivity contribution >= 4 is 28.9 Å². The molecule has 238 valence electrons. The van der Waals surface area contributed by atoms with E-state index >= 15 is 0 Å². The third-order valence-corrected chi connectivity index (χ3v) is 8.14. The Morgan fingerprint density at radius 1 is 0.889 bits per heavy atom. The van der Waals surface area contributed by atoms with Gasteiger partial charge in [-0.3, -0.25) is 24.6 Å². The van der Waals surface area contributed by atoms with Crippen molar-refractivity contribution in [3.8, 4) is 0 Å². The summed E-state index contributed by atoms with van der Waals surface area (Å²) in [6, 6.07) is 21.7. The number of aliphatic hydroxyl groups is 1. The zero-order chi connectivity index (χ0) is 31.8. The van der Waals surface area contributed by atoms with Crippen LogP contribution in [0.15, 0.2) is 72.8 Å². The lowest BCUT2D eigenvalue weighted by Gasteiger charge is -2.41. The van der Waals surface area contributed by atoms with Crippen molar-refractivity contribution in [2.75, 3.05) is 42.9 Å². The molecule has 2 aliphatic heterocycles. The van der Waals surface area contributed by atoms with E-state index in [2.05, 4.69) is 15.1 Å². The quantitative estimate of drug-likeness (QED) is 0.193. The topological polar surface area (TPSA) is 155 Å². The minimum atomic E-state index is -0.926. The number of nitrogens with zero attached hydrogens (tertiary/aromatic N) is 3. The lowest BCUT2D eigenvalue weighted by molar-refractivity contribution is -0.384. The first-order valence-electron chi connectivity index (χ1n) is 15.1. The van der Waals surface area contributed by atoms with Gasteiger partial charge in [0.15, 0.2) is 6.29 Å². The van der Waals surface area contributed by atoms with Crippen LogP contribution in [0.5, 0.6) is 0 Å². The number of aliphatic hydroxyl groups excluding tert-OH is 1. The summed E-state index contributed by atoms with van der Waals surface area (Å²) in [5.74, 6) is -1.17. The van der Waals surface area contributed by atoms with Crippen LogP contribution in [0.3, 0.4) is 0 Å². The lowest BCUT2D eigenvalue weighted by atomic mass is 9.99. The Morgan fingerprint density at radius 3 is 2.18 bits per heavy atom. The van der Waals surface area contributed by atoms with Gasteiger partial charge in [-0.25, -0.2) is 0 Å². The fourth-order valence-electron chi connectivity index (χ4n) is 5.64.